The number of rotatable bonds is 8. The van der Waals surface area contributed by atoms with Crippen molar-refractivity contribution in [3.8, 4) is 11.5 Å². The number of ether oxygens (including phenoxy) is 2. The van der Waals surface area contributed by atoms with Gasteiger partial charge in [-0.25, -0.2) is 0 Å². The van der Waals surface area contributed by atoms with Crippen LogP contribution >= 0.6 is 12.2 Å². The number of thiocarbonyl (C=S) groups is 1. The highest BCUT2D eigenvalue weighted by Crippen LogP contribution is 2.16. The molecule has 0 aliphatic rings. The van der Waals surface area contributed by atoms with E-state index in [9.17, 15) is 4.79 Å². The first-order valence-corrected chi connectivity index (χ1v) is 9.33. The predicted molar refractivity (Wildman–Crippen MR) is 112 cm³/mol. The maximum absolute atomic E-state index is 12.1. The maximum atomic E-state index is 12.1. The zero-order chi connectivity index (χ0) is 19.6. The van der Waals surface area contributed by atoms with Crippen LogP contribution in [0.3, 0.4) is 0 Å². The lowest BCUT2D eigenvalue weighted by atomic mass is 10.1. The molecule has 0 atom stereocenters. The van der Waals surface area contributed by atoms with Gasteiger partial charge in [0.25, 0.3) is 0 Å². The second kappa shape index (κ2) is 10.5. The molecule has 2 rings (SSSR count). The number of carbonyl (C=O) groups is 1. The third-order valence-electron chi connectivity index (χ3n) is 3.85. The first kappa shape index (κ1) is 20.7. The van der Waals surface area contributed by atoms with Crippen LogP contribution in [0.1, 0.15) is 25.8 Å². The van der Waals surface area contributed by atoms with Crippen LogP contribution < -0.4 is 20.1 Å². The molecule has 0 fully saturated rings. The van der Waals surface area contributed by atoms with Gasteiger partial charge in [0.15, 0.2) is 5.11 Å². The van der Waals surface area contributed by atoms with Crippen LogP contribution in [0.2, 0.25) is 0 Å². The minimum absolute atomic E-state index is 0.175. The Hall–Kier alpha value is -2.60. The summed E-state index contributed by atoms with van der Waals surface area (Å²) in [5.41, 5.74) is 1.68. The molecule has 144 valence electrons. The largest absolute Gasteiger partial charge is 0.497 e. The summed E-state index contributed by atoms with van der Waals surface area (Å²) in [6, 6.07) is 14.8. The van der Waals surface area contributed by atoms with Gasteiger partial charge in [-0.05, 0) is 66.5 Å². The Morgan fingerprint density at radius 3 is 2.26 bits per heavy atom. The fourth-order valence-electron chi connectivity index (χ4n) is 2.31. The van der Waals surface area contributed by atoms with Crippen molar-refractivity contribution in [2.45, 2.75) is 26.7 Å². The first-order valence-electron chi connectivity index (χ1n) is 8.93. The normalized spacial score (nSPS) is 10.4. The smallest absolute Gasteiger partial charge is 0.230 e. The number of amides is 1. The monoisotopic (exact) mass is 386 g/mol. The Morgan fingerprint density at radius 1 is 1.04 bits per heavy atom. The molecule has 0 unspecified atom stereocenters. The van der Waals surface area contributed by atoms with Crippen molar-refractivity contribution in [2.24, 2.45) is 5.92 Å². The summed E-state index contributed by atoms with van der Waals surface area (Å²) in [5.74, 6) is 2.01. The summed E-state index contributed by atoms with van der Waals surface area (Å²) < 4.78 is 10.8. The SMILES string of the molecule is COc1ccc(CC(=O)NC(=S)Nc2ccc(OCCC(C)C)cc2)cc1. The van der Waals surface area contributed by atoms with Gasteiger partial charge in [0.1, 0.15) is 11.5 Å². The number of hydrogen-bond acceptors (Lipinski definition) is 4. The Bertz CT molecular complexity index is 743. The number of methoxy groups -OCH3 is 1. The zero-order valence-electron chi connectivity index (χ0n) is 16.0. The highest BCUT2D eigenvalue weighted by atomic mass is 32.1. The van der Waals surface area contributed by atoms with Crippen LogP contribution in [0, 0.1) is 5.92 Å². The molecule has 2 aromatic carbocycles. The van der Waals surface area contributed by atoms with Crippen molar-refractivity contribution >= 4 is 28.9 Å². The standard InChI is InChI=1S/C21H26N2O3S/c1-15(2)12-13-26-19-10-6-17(7-11-19)22-21(27)23-20(24)14-16-4-8-18(25-3)9-5-16/h4-11,15H,12-14H2,1-3H3,(H2,22,23,24,27). The molecule has 0 radical (unpaired) electrons. The molecule has 0 aliphatic carbocycles. The van der Waals surface area contributed by atoms with Crippen LogP contribution in [0.15, 0.2) is 48.5 Å². The molecule has 0 bridgehead atoms. The average molecular weight is 387 g/mol. The van der Waals surface area contributed by atoms with Crippen molar-refractivity contribution in [3.05, 3.63) is 54.1 Å². The number of hydrogen-bond donors (Lipinski definition) is 2. The van der Waals surface area contributed by atoms with E-state index >= 15 is 0 Å². The second-order valence-electron chi connectivity index (χ2n) is 6.58. The molecule has 0 saturated carbocycles. The Labute approximate surface area is 166 Å². The molecule has 6 heteroatoms. The molecular formula is C21H26N2O3S. The van der Waals surface area contributed by atoms with E-state index in [1.54, 1.807) is 7.11 Å². The first-order chi connectivity index (χ1) is 13.0. The third kappa shape index (κ3) is 7.66. The van der Waals surface area contributed by atoms with Gasteiger partial charge in [0, 0.05) is 5.69 Å². The Kier molecular flexibility index (Phi) is 8.07. The highest BCUT2D eigenvalue weighted by molar-refractivity contribution is 7.80. The molecule has 2 N–H and O–H groups in total. The second-order valence-corrected chi connectivity index (χ2v) is 6.99. The van der Waals surface area contributed by atoms with E-state index in [4.69, 9.17) is 21.7 Å². The van der Waals surface area contributed by atoms with Crippen molar-refractivity contribution in [1.82, 2.24) is 5.32 Å². The topological polar surface area (TPSA) is 59.6 Å². The minimum Gasteiger partial charge on any atom is -0.497 e. The molecule has 0 aliphatic heterocycles. The summed E-state index contributed by atoms with van der Waals surface area (Å²) in [6.45, 7) is 5.03. The van der Waals surface area contributed by atoms with E-state index in [2.05, 4.69) is 24.5 Å². The summed E-state index contributed by atoms with van der Waals surface area (Å²) in [5, 5.41) is 5.95. The molecule has 27 heavy (non-hydrogen) atoms. The number of nitrogens with one attached hydrogen (secondary N) is 2. The van der Waals surface area contributed by atoms with Crippen LogP contribution in [0.4, 0.5) is 5.69 Å². The van der Waals surface area contributed by atoms with Gasteiger partial charge in [-0.1, -0.05) is 26.0 Å². The van der Waals surface area contributed by atoms with Crippen LogP contribution in [-0.4, -0.2) is 24.7 Å². The average Bonchev–Trinajstić information content (AvgIpc) is 2.63. The van der Waals surface area contributed by atoms with Crippen molar-refractivity contribution in [2.75, 3.05) is 19.0 Å². The summed E-state index contributed by atoms with van der Waals surface area (Å²) in [4.78, 5) is 12.1. The fraction of sp³-hybridized carbons (Fsp3) is 0.333. The number of benzene rings is 2. The van der Waals surface area contributed by atoms with Gasteiger partial charge in [-0.2, -0.15) is 0 Å². The lowest BCUT2D eigenvalue weighted by Gasteiger charge is -2.11. The minimum atomic E-state index is -0.175. The molecule has 1 amide bonds. The summed E-state index contributed by atoms with van der Waals surface area (Å²) in [7, 11) is 1.61. The predicted octanol–water partition coefficient (Wildman–Crippen LogP) is 4.18. The van der Waals surface area contributed by atoms with Gasteiger partial charge in [-0.15, -0.1) is 0 Å². The molecule has 0 heterocycles. The van der Waals surface area contributed by atoms with Gasteiger partial charge in [-0.3, -0.25) is 4.79 Å². The molecule has 2 aromatic rings. The van der Waals surface area contributed by atoms with Crippen molar-refractivity contribution in [1.29, 1.82) is 0 Å². The lowest BCUT2D eigenvalue weighted by molar-refractivity contribution is -0.119. The Morgan fingerprint density at radius 2 is 1.67 bits per heavy atom. The Balaban J connectivity index is 1.77. The quantitative estimate of drug-likeness (QED) is 0.667. The van der Waals surface area contributed by atoms with E-state index in [1.165, 1.54) is 0 Å². The van der Waals surface area contributed by atoms with Crippen LogP contribution in [-0.2, 0) is 11.2 Å². The van der Waals surface area contributed by atoms with E-state index in [0.717, 1.165) is 29.2 Å². The van der Waals surface area contributed by atoms with Crippen molar-refractivity contribution in [3.63, 3.8) is 0 Å². The highest BCUT2D eigenvalue weighted by Gasteiger charge is 2.07. The zero-order valence-corrected chi connectivity index (χ0v) is 16.8. The lowest BCUT2D eigenvalue weighted by Crippen LogP contribution is -2.35. The van der Waals surface area contributed by atoms with Crippen molar-refractivity contribution < 1.29 is 14.3 Å². The van der Waals surface area contributed by atoms with Gasteiger partial charge in [0.2, 0.25) is 5.91 Å². The molecule has 0 aromatic heterocycles. The van der Waals surface area contributed by atoms with E-state index in [0.29, 0.717) is 12.5 Å². The summed E-state index contributed by atoms with van der Waals surface area (Å²) in [6.07, 6.45) is 1.26. The van der Waals surface area contributed by atoms with E-state index < -0.39 is 0 Å². The summed E-state index contributed by atoms with van der Waals surface area (Å²) >= 11 is 5.21. The van der Waals surface area contributed by atoms with Gasteiger partial charge < -0.3 is 20.1 Å². The molecule has 0 spiro atoms. The number of anilines is 1. The molecule has 0 saturated heterocycles. The van der Waals surface area contributed by atoms with Crippen LogP contribution in [0.5, 0.6) is 11.5 Å². The van der Waals surface area contributed by atoms with Gasteiger partial charge >= 0.3 is 0 Å². The fourth-order valence-corrected chi connectivity index (χ4v) is 2.54. The maximum Gasteiger partial charge on any atom is 0.230 e. The molecular weight excluding hydrogens is 360 g/mol. The number of carbonyl (C=O) groups excluding carboxylic acids is 1. The third-order valence-corrected chi connectivity index (χ3v) is 4.06. The molecule has 5 nitrogen and oxygen atoms in total. The van der Waals surface area contributed by atoms with Gasteiger partial charge in [0.05, 0.1) is 20.1 Å². The van der Waals surface area contributed by atoms with E-state index in [1.807, 2.05) is 48.5 Å². The van der Waals surface area contributed by atoms with Crippen LogP contribution in [0.25, 0.3) is 0 Å². The van der Waals surface area contributed by atoms with E-state index in [-0.39, 0.29) is 17.4 Å².